The molecule has 0 aromatic heterocycles. The van der Waals surface area contributed by atoms with Crippen molar-refractivity contribution in [3.63, 3.8) is 0 Å². The lowest BCUT2D eigenvalue weighted by atomic mass is 9.78. The first-order valence-corrected chi connectivity index (χ1v) is 6.47. The van der Waals surface area contributed by atoms with Crippen molar-refractivity contribution in [3.05, 3.63) is 0 Å². The van der Waals surface area contributed by atoms with Gasteiger partial charge in [-0.1, -0.05) is 27.2 Å². The van der Waals surface area contributed by atoms with E-state index in [1.165, 1.54) is 38.8 Å². The Kier molecular flexibility index (Phi) is 4.49. The highest BCUT2D eigenvalue weighted by Gasteiger charge is 2.30. The maximum atomic E-state index is 2.49. The highest BCUT2D eigenvalue weighted by atomic mass is 127. The molecule has 1 aliphatic heterocycles. The molecule has 0 N–H and O–H groups in total. The van der Waals surface area contributed by atoms with Gasteiger partial charge in [0.2, 0.25) is 0 Å². The summed E-state index contributed by atoms with van der Waals surface area (Å²) >= 11 is 2.49. The Morgan fingerprint density at radius 2 is 2.15 bits per heavy atom. The Morgan fingerprint density at radius 1 is 1.46 bits per heavy atom. The van der Waals surface area contributed by atoms with Crippen LogP contribution in [-0.4, -0.2) is 16.2 Å². The summed E-state index contributed by atoms with van der Waals surface area (Å²) in [7, 11) is 0. The van der Waals surface area contributed by atoms with Crippen molar-refractivity contribution in [2.45, 2.75) is 46.5 Å². The minimum absolute atomic E-state index is 0.568. The fraction of sp³-hybridized carbons (Fsp3) is 1.00. The Hall–Kier alpha value is 0.690. The van der Waals surface area contributed by atoms with Crippen LogP contribution in [0, 0.1) is 11.3 Å². The molecule has 1 rings (SSSR count). The average molecular weight is 295 g/mol. The number of halogens is 1. The highest BCUT2D eigenvalue weighted by Crippen LogP contribution is 2.37. The summed E-state index contributed by atoms with van der Waals surface area (Å²) in [5.41, 5.74) is 0.568. The maximum Gasteiger partial charge on any atom is 0.0201 e. The third-order valence-electron chi connectivity index (χ3n) is 3.55. The molecule has 0 aliphatic carbocycles. The Bertz CT molecular complexity index is 160. The lowest BCUT2D eigenvalue weighted by Crippen LogP contribution is -2.28. The van der Waals surface area contributed by atoms with Crippen LogP contribution in [0.15, 0.2) is 0 Å². The smallest absolute Gasteiger partial charge is 0.0201 e. The van der Waals surface area contributed by atoms with E-state index < -0.39 is 0 Å². The molecule has 0 bridgehead atoms. The van der Waals surface area contributed by atoms with Crippen LogP contribution in [0.25, 0.3) is 0 Å². The second-order valence-electron chi connectivity index (χ2n) is 4.78. The molecule has 1 heterocycles. The zero-order valence-corrected chi connectivity index (χ0v) is 11.3. The molecule has 2 heteroatoms. The van der Waals surface area contributed by atoms with Crippen molar-refractivity contribution in [2.24, 2.45) is 11.3 Å². The van der Waals surface area contributed by atoms with E-state index in [0.717, 1.165) is 5.92 Å². The van der Waals surface area contributed by atoms with Gasteiger partial charge in [-0.3, -0.25) is 0 Å². The van der Waals surface area contributed by atoms with Gasteiger partial charge in [0, 0.05) is 36.0 Å². The maximum absolute atomic E-state index is 2.49. The number of rotatable bonds is 2. The zero-order chi connectivity index (χ0) is 9.90. The van der Waals surface area contributed by atoms with Gasteiger partial charge in [0.05, 0.1) is 0 Å². The van der Waals surface area contributed by atoms with Crippen LogP contribution in [0.2, 0.25) is 0 Å². The molecule has 2 unspecified atom stereocenters. The molecule has 2 atom stereocenters. The summed E-state index contributed by atoms with van der Waals surface area (Å²) in [4.78, 5) is 0. The predicted octanol–water partition coefficient (Wildman–Crippen LogP) is 3.87. The average Bonchev–Trinajstić information content (AvgIpc) is 2.25. The van der Waals surface area contributed by atoms with Crippen LogP contribution in [0.3, 0.4) is 0 Å². The largest absolute Gasteiger partial charge is 0.247 e. The topological polar surface area (TPSA) is 3.24 Å². The molecule has 1 saturated heterocycles. The van der Waals surface area contributed by atoms with E-state index in [1.807, 2.05) is 0 Å². The zero-order valence-electron chi connectivity index (χ0n) is 9.15. The lowest BCUT2D eigenvalue weighted by Gasteiger charge is -2.30. The highest BCUT2D eigenvalue weighted by molar-refractivity contribution is 14.1. The van der Waals surface area contributed by atoms with Crippen LogP contribution in [-0.2, 0) is 0 Å². The normalized spacial score (nSPS) is 37.4. The first-order valence-electron chi connectivity index (χ1n) is 5.50. The van der Waals surface area contributed by atoms with Crippen molar-refractivity contribution in [3.8, 4) is 0 Å². The summed E-state index contributed by atoms with van der Waals surface area (Å²) < 4.78 is 2.48. The number of hydrogen-bond acceptors (Lipinski definition) is 1. The van der Waals surface area contributed by atoms with Crippen LogP contribution in [0.1, 0.15) is 46.5 Å². The molecule has 0 aromatic rings. The SMILES string of the molecule is CCC1CCN(I)CC(C)(CC)C1. The summed E-state index contributed by atoms with van der Waals surface area (Å²) in [6.45, 7) is 9.69. The van der Waals surface area contributed by atoms with Gasteiger partial charge in [-0.2, -0.15) is 0 Å². The van der Waals surface area contributed by atoms with Crippen LogP contribution in [0.4, 0.5) is 0 Å². The molecular weight excluding hydrogens is 273 g/mol. The molecule has 1 nitrogen and oxygen atoms in total. The van der Waals surface area contributed by atoms with Gasteiger partial charge < -0.3 is 0 Å². The number of hydrogen-bond donors (Lipinski definition) is 0. The van der Waals surface area contributed by atoms with Crippen molar-refractivity contribution in [1.82, 2.24) is 3.11 Å². The standard InChI is InChI=1S/C11H22IN/c1-4-10-6-7-13(12)9-11(3,5-2)8-10/h10H,4-9H2,1-3H3. The van der Waals surface area contributed by atoms with Gasteiger partial charge in [-0.15, -0.1) is 0 Å². The molecule has 0 radical (unpaired) electrons. The molecule has 78 valence electrons. The second kappa shape index (κ2) is 4.96. The van der Waals surface area contributed by atoms with Crippen LogP contribution < -0.4 is 0 Å². The molecule has 1 fully saturated rings. The Balaban J connectivity index is 2.62. The molecule has 0 amide bonds. The minimum atomic E-state index is 0.568. The van der Waals surface area contributed by atoms with Crippen molar-refractivity contribution in [1.29, 1.82) is 0 Å². The van der Waals surface area contributed by atoms with Gasteiger partial charge >= 0.3 is 0 Å². The summed E-state index contributed by atoms with van der Waals surface area (Å²) in [6.07, 6.45) is 5.51. The first-order chi connectivity index (χ1) is 6.09. The van der Waals surface area contributed by atoms with E-state index in [4.69, 9.17) is 0 Å². The van der Waals surface area contributed by atoms with Crippen molar-refractivity contribution >= 4 is 22.9 Å². The van der Waals surface area contributed by atoms with E-state index in [9.17, 15) is 0 Å². The van der Waals surface area contributed by atoms with E-state index in [-0.39, 0.29) is 0 Å². The van der Waals surface area contributed by atoms with Crippen molar-refractivity contribution < 1.29 is 0 Å². The third kappa shape index (κ3) is 3.39. The molecule has 0 aromatic carbocycles. The molecular formula is C11H22IN. The summed E-state index contributed by atoms with van der Waals surface area (Å²) in [5.74, 6) is 0.963. The second-order valence-corrected chi connectivity index (χ2v) is 6.14. The fourth-order valence-corrected chi connectivity index (χ4v) is 3.39. The van der Waals surface area contributed by atoms with E-state index in [1.54, 1.807) is 0 Å². The van der Waals surface area contributed by atoms with Gasteiger partial charge in [0.1, 0.15) is 0 Å². The lowest BCUT2D eigenvalue weighted by molar-refractivity contribution is 0.226. The van der Waals surface area contributed by atoms with Crippen molar-refractivity contribution in [2.75, 3.05) is 13.1 Å². The van der Waals surface area contributed by atoms with E-state index in [2.05, 4.69) is 46.7 Å². The first kappa shape index (κ1) is 11.8. The van der Waals surface area contributed by atoms with Crippen LogP contribution in [0.5, 0.6) is 0 Å². The summed E-state index contributed by atoms with van der Waals surface area (Å²) in [6, 6.07) is 0. The Labute approximate surface area is 96.8 Å². The summed E-state index contributed by atoms with van der Waals surface area (Å²) in [5, 5.41) is 0. The quantitative estimate of drug-likeness (QED) is 0.552. The van der Waals surface area contributed by atoms with Gasteiger partial charge in [0.15, 0.2) is 0 Å². The molecule has 1 aliphatic rings. The van der Waals surface area contributed by atoms with Gasteiger partial charge in [0.25, 0.3) is 0 Å². The predicted molar refractivity (Wildman–Crippen MR) is 67.0 cm³/mol. The third-order valence-corrected chi connectivity index (χ3v) is 4.37. The Morgan fingerprint density at radius 3 is 2.69 bits per heavy atom. The van der Waals surface area contributed by atoms with E-state index in [0.29, 0.717) is 5.41 Å². The number of nitrogens with zero attached hydrogens (tertiary/aromatic N) is 1. The molecule has 0 saturated carbocycles. The molecule has 0 spiro atoms. The van der Waals surface area contributed by atoms with Gasteiger partial charge in [-0.25, -0.2) is 3.11 Å². The van der Waals surface area contributed by atoms with Crippen LogP contribution >= 0.6 is 22.9 Å². The minimum Gasteiger partial charge on any atom is -0.247 e. The van der Waals surface area contributed by atoms with E-state index >= 15 is 0 Å². The van der Waals surface area contributed by atoms with Gasteiger partial charge in [-0.05, 0) is 30.6 Å². The fourth-order valence-electron chi connectivity index (χ4n) is 2.28. The monoisotopic (exact) mass is 295 g/mol. The molecule has 13 heavy (non-hydrogen) atoms.